The molecule has 0 fully saturated rings. The van der Waals surface area contributed by atoms with Crippen LogP contribution < -0.4 is 4.74 Å². The molecule has 0 saturated carbocycles. The molecule has 0 bridgehead atoms. The van der Waals surface area contributed by atoms with Gasteiger partial charge in [0.25, 0.3) is 5.91 Å². The van der Waals surface area contributed by atoms with Crippen molar-refractivity contribution < 1.29 is 19.4 Å². The highest BCUT2D eigenvalue weighted by atomic mass is 32.2. The number of amides is 1. The molecule has 0 aliphatic rings. The van der Waals surface area contributed by atoms with E-state index in [1.165, 1.54) is 11.8 Å². The summed E-state index contributed by atoms with van der Waals surface area (Å²) in [4.78, 5) is 26.3. The first kappa shape index (κ1) is 20.8. The first-order chi connectivity index (χ1) is 12.8. The SMILES string of the molecule is CC(C)Oc1cccc(CN(C)C(=O)c2ccccc2SC(C)C(=O)O)c1. The lowest BCUT2D eigenvalue weighted by atomic mass is 10.1. The van der Waals surface area contributed by atoms with E-state index in [1.807, 2.05) is 38.1 Å². The van der Waals surface area contributed by atoms with Gasteiger partial charge in [-0.2, -0.15) is 0 Å². The van der Waals surface area contributed by atoms with Gasteiger partial charge in [0.15, 0.2) is 0 Å². The summed E-state index contributed by atoms with van der Waals surface area (Å²) in [5.41, 5.74) is 1.47. The maximum atomic E-state index is 12.9. The van der Waals surface area contributed by atoms with Crippen LogP contribution in [-0.2, 0) is 11.3 Å². The van der Waals surface area contributed by atoms with E-state index in [1.54, 1.807) is 43.1 Å². The van der Waals surface area contributed by atoms with E-state index in [0.717, 1.165) is 11.3 Å². The van der Waals surface area contributed by atoms with Crippen molar-refractivity contribution in [1.29, 1.82) is 0 Å². The normalized spacial score (nSPS) is 11.9. The molecule has 0 aliphatic carbocycles. The number of thioether (sulfide) groups is 1. The number of ether oxygens (including phenoxy) is 1. The molecule has 2 rings (SSSR count). The van der Waals surface area contributed by atoms with Gasteiger partial charge in [-0.15, -0.1) is 11.8 Å². The van der Waals surface area contributed by atoms with E-state index in [9.17, 15) is 9.59 Å². The van der Waals surface area contributed by atoms with Crippen LogP contribution >= 0.6 is 11.8 Å². The predicted octanol–water partition coefficient (Wildman–Crippen LogP) is 4.31. The molecule has 0 aliphatic heterocycles. The number of aliphatic carboxylic acids is 1. The van der Waals surface area contributed by atoms with E-state index in [4.69, 9.17) is 9.84 Å². The quantitative estimate of drug-likeness (QED) is 0.684. The highest BCUT2D eigenvalue weighted by molar-refractivity contribution is 8.00. The minimum atomic E-state index is -0.905. The second-order valence-electron chi connectivity index (χ2n) is 6.57. The Labute approximate surface area is 164 Å². The third-order valence-corrected chi connectivity index (χ3v) is 4.97. The van der Waals surface area contributed by atoms with Crippen LogP contribution in [0.15, 0.2) is 53.4 Å². The fraction of sp³-hybridized carbons (Fsp3) is 0.333. The van der Waals surface area contributed by atoms with Gasteiger partial charge in [0.1, 0.15) is 11.0 Å². The Morgan fingerprint density at radius 2 is 1.81 bits per heavy atom. The van der Waals surface area contributed by atoms with Gasteiger partial charge in [0.05, 0.1) is 11.7 Å². The number of benzene rings is 2. The Balaban J connectivity index is 2.15. The number of carboxylic acid groups (broad SMARTS) is 1. The Morgan fingerprint density at radius 1 is 1.11 bits per heavy atom. The zero-order valence-corrected chi connectivity index (χ0v) is 16.8. The van der Waals surface area contributed by atoms with Crippen LogP contribution in [0.3, 0.4) is 0 Å². The van der Waals surface area contributed by atoms with Gasteiger partial charge in [-0.05, 0) is 50.6 Å². The van der Waals surface area contributed by atoms with Crippen LogP contribution in [0.5, 0.6) is 5.75 Å². The van der Waals surface area contributed by atoms with Gasteiger partial charge in [0, 0.05) is 18.5 Å². The monoisotopic (exact) mass is 387 g/mol. The summed E-state index contributed by atoms with van der Waals surface area (Å²) >= 11 is 1.17. The molecule has 2 aromatic carbocycles. The Hall–Kier alpha value is -2.47. The first-order valence-electron chi connectivity index (χ1n) is 8.77. The highest BCUT2D eigenvalue weighted by Gasteiger charge is 2.20. The highest BCUT2D eigenvalue weighted by Crippen LogP contribution is 2.28. The Morgan fingerprint density at radius 3 is 2.48 bits per heavy atom. The number of hydrogen-bond donors (Lipinski definition) is 1. The molecule has 27 heavy (non-hydrogen) atoms. The molecule has 2 aromatic rings. The van der Waals surface area contributed by atoms with Crippen molar-refractivity contribution in [1.82, 2.24) is 4.90 Å². The molecule has 0 radical (unpaired) electrons. The summed E-state index contributed by atoms with van der Waals surface area (Å²) < 4.78 is 5.70. The van der Waals surface area contributed by atoms with Crippen LogP contribution in [0, 0.1) is 0 Å². The topological polar surface area (TPSA) is 66.8 Å². The molecule has 1 amide bonds. The van der Waals surface area contributed by atoms with E-state index in [0.29, 0.717) is 17.0 Å². The van der Waals surface area contributed by atoms with E-state index in [2.05, 4.69) is 0 Å². The number of rotatable bonds is 8. The van der Waals surface area contributed by atoms with E-state index < -0.39 is 11.2 Å². The fourth-order valence-corrected chi connectivity index (χ4v) is 3.45. The van der Waals surface area contributed by atoms with Crippen molar-refractivity contribution >= 4 is 23.6 Å². The third-order valence-electron chi connectivity index (χ3n) is 3.81. The second-order valence-corrected chi connectivity index (χ2v) is 7.95. The summed E-state index contributed by atoms with van der Waals surface area (Å²) in [5, 5.41) is 8.51. The summed E-state index contributed by atoms with van der Waals surface area (Å²) in [6.45, 7) is 5.98. The molecule has 0 heterocycles. The minimum Gasteiger partial charge on any atom is -0.491 e. The number of nitrogens with zero attached hydrogens (tertiary/aromatic N) is 1. The zero-order chi connectivity index (χ0) is 20.0. The lowest BCUT2D eigenvalue weighted by Gasteiger charge is -2.20. The third kappa shape index (κ3) is 6.03. The van der Waals surface area contributed by atoms with Crippen LogP contribution in [0.1, 0.15) is 36.7 Å². The van der Waals surface area contributed by atoms with Gasteiger partial charge < -0.3 is 14.7 Å². The van der Waals surface area contributed by atoms with Crippen LogP contribution in [0.2, 0.25) is 0 Å². The van der Waals surface area contributed by atoms with Crippen LogP contribution in [0.4, 0.5) is 0 Å². The molecular formula is C21H25NO4S. The lowest BCUT2D eigenvalue weighted by Crippen LogP contribution is -2.27. The van der Waals surface area contributed by atoms with Crippen molar-refractivity contribution in [3.05, 3.63) is 59.7 Å². The second kappa shape index (κ2) is 9.46. The van der Waals surface area contributed by atoms with Crippen LogP contribution in [0.25, 0.3) is 0 Å². The van der Waals surface area contributed by atoms with Gasteiger partial charge in [-0.25, -0.2) is 0 Å². The minimum absolute atomic E-state index is 0.0831. The summed E-state index contributed by atoms with van der Waals surface area (Å²) in [6, 6.07) is 14.8. The lowest BCUT2D eigenvalue weighted by molar-refractivity contribution is -0.136. The standard InChI is InChI=1S/C21H25NO4S/c1-14(2)26-17-9-7-8-16(12-17)13-22(4)20(23)18-10-5-6-11-19(18)27-15(3)21(24)25/h5-12,14-15H,13H2,1-4H3,(H,24,25). The molecule has 1 unspecified atom stereocenters. The van der Waals surface area contributed by atoms with Crippen molar-refractivity contribution in [3.63, 3.8) is 0 Å². The van der Waals surface area contributed by atoms with Gasteiger partial charge in [0.2, 0.25) is 0 Å². The molecule has 6 heteroatoms. The van der Waals surface area contributed by atoms with Crippen molar-refractivity contribution in [3.8, 4) is 5.75 Å². The summed E-state index contributed by atoms with van der Waals surface area (Å²) in [7, 11) is 1.74. The zero-order valence-electron chi connectivity index (χ0n) is 16.0. The first-order valence-corrected chi connectivity index (χ1v) is 9.65. The molecule has 0 saturated heterocycles. The summed E-state index contributed by atoms with van der Waals surface area (Å²) in [5.74, 6) is -0.280. The maximum Gasteiger partial charge on any atom is 0.316 e. The van der Waals surface area contributed by atoms with Crippen LogP contribution in [-0.4, -0.2) is 40.3 Å². The summed E-state index contributed by atoms with van der Waals surface area (Å²) in [6.07, 6.45) is 0.0831. The predicted molar refractivity (Wildman–Crippen MR) is 107 cm³/mol. The van der Waals surface area contributed by atoms with Gasteiger partial charge >= 0.3 is 5.97 Å². The fourth-order valence-electron chi connectivity index (χ4n) is 2.53. The van der Waals surface area contributed by atoms with E-state index in [-0.39, 0.29) is 12.0 Å². The molecule has 144 valence electrons. The number of carboxylic acids is 1. The smallest absolute Gasteiger partial charge is 0.316 e. The Kier molecular flexibility index (Phi) is 7.30. The van der Waals surface area contributed by atoms with Gasteiger partial charge in [-0.1, -0.05) is 24.3 Å². The molecule has 0 spiro atoms. The molecule has 1 N–H and O–H groups in total. The largest absolute Gasteiger partial charge is 0.491 e. The van der Waals surface area contributed by atoms with Crippen molar-refractivity contribution in [2.45, 2.75) is 43.6 Å². The number of carbonyl (C=O) groups excluding carboxylic acids is 1. The van der Waals surface area contributed by atoms with Crippen molar-refractivity contribution in [2.75, 3.05) is 7.05 Å². The number of hydrogen-bond acceptors (Lipinski definition) is 4. The molecule has 1 atom stereocenters. The molecule has 0 aromatic heterocycles. The maximum absolute atomic E-state index is 12.9. The number of carbonyl (C=O) groups is 2. The molecular weight excluding hydrogens is 362 g/mol. The average molecular weight is 388 g/mol. The van der Waals surface area contributed by atoms with E-state index >= 15 is 0 Å². The van der Waals surface area contributed by atoms with Gasteiger partial charge in [-0.3, -0.25) is 9.59 Å². The Bertz CT molecular complexity index is 806. The molecule has 5 nitrogen and oxygen atoms in total. The average Bonchev–Trinajstić information content (AvgIpc) is 2.61. The van der Waals surface area contributed by atoms with Crippen molar-refractivity contribution in [2.24, 2.45) is 0 Å².